The Bertz CT molecular complexity index is 1100. The van der Waals surface area contributed by atoms with E-state index in [0.29, 0.717) is 29.4 Å². The molecule has 1 atom stereocenters. The lowest BCUT2D eigenvalue weighted by Crippen LogP contribution is -2.43. The number of hydrogen-bond donors (Lipinski definition) is 1. The Morgan fingerprint density at radius 2 is 1.68 bits per heavy atom. The molecule has 0 saturated heterocycles. The van der Waals surface area contributed by atoms with Crippen LogP contribution in [-0.4, -0.2) is 30.1 Å². The van der Waals surface area contributed by atoms with E-state index in [0.717, 1.165) is 17.5 Å². The Morgan fingerprint density at radius 3 is 2.39 bits per heavy atom. The van der Waals surface area contributed by atoms with Crippen LogP contribution in [0.15, 0.2) is 72.8 Å². The summed E-state index contributed by atoms with van der Waals surface area (Å²) in [6, 6.07) is 22.0. The number of amides is 2. The van der Waals surface area contributed by atoms with Crippen molar-refractivity contribution in [2.75, 3.05) is 18.5 Å². The Hall–Kier alpha value is -3.31. The average Bonchev–Trinajstić information content (AvgIpc) is 2.79. The van der Waals surface area contributed by atoms with Crippen molar-refractivity contribution in [3.05, 3.63) is 100 Å². The van der Waals surface area contributed by atoms with E-state index in [-0.39, 0.29) is 18.0 Å². The first-order valence-corrected chi connectivity index (χ1v) is 10.6. The molecular weight excluding hydrogens is 412 g/mol. The molecule has 3 aromatic rings. The first kappa shape index (κ1) is 20.9. The van der Waals surface area contributed by atoms with E-state index < -0.39 is 0 Å². The molecule has 1 N–H and O–H groups in total. The van der Waals surface area contributed by atoms with E-state index in [1.54, 1.807) is 31.2 Å². The minimum atomic E-state index is -0.383. The molecule has 0 bridgehead atoms. The highest BCUT2D eigenvalue weighted by molar-refractivity contribution is 6.31. The van der Waals surface area contributed by atoms with Gasteiger partial charge in [0.15, 0.2) is 0 Å². The third kappa shape index (κ3) is 4.42. The minimum Gasteiger partial charge on any atom is -0.462 e. The molecule has 4 rings (SSSR count). The highest BCUT2D eigenvalue weighted by Crippen LogP contribution is 2.38. The van der Waals surface area contributed by atoms with Crippen LogP contribution < -0.4 is 5.32 Å². The number of hydrogen-bond acceptors (Lipinski definition) is 3. The first-order valence-electron chi connectivity index (χ1n) is 10.3. The quantitative estimate of drug-likeness (QED) is 0.536. The zero-order chi connectivity index (χ0) is 21.8. The number of esters is 1. The van der Waals surface area contributed by atoms with Gasteiger partial charge >= 0.3 is 12.0 Å². The molecule has 3 aromatic carbocycles. The number of carbonyl (C=O) groups is 2. The number of carbonyl (C=O) groups excluding carboxylic acids is 2. The molecule has 2 amide bonds. The fourth-order valence-corrected chi connectivity index (χ4v) is 4.16. The summed E-state index contributed by atoms with van der Waals surface area (Å²) < 4.78 is 5.00. The number of fused-ring (bicyclic) bond motifs is 1. The number of nitrogens with one attached hydrogen (secondary N) is 1. The van der Waals surface area contributed by atoms with Crippen LogP contribution >= 0.6 is 11.6 Å². The number of benzene rings is 3. The lowest BCUT2D eigenvalue weighted by Gasteiger charge is -2.38. The number of halogens is 1. The molecule has 0 unspecified atom stereocenters. The molecule has 0 saturated carbocycles. The van der Waals surface area contributed by atoms with Crippen molar-refractivity contribution < 1.29 is 14.3 Å². The van der Waals surface area contributed by atoms with Gasteiger partial charge in [-0.05, 0) is 60.4 Å². The van der Waals surface area contributed by atoms with Gasteiger partial charge in [0.05, 0.1) is 18.2 Å². The van der Waals surface area contributed by atoms with Crippen molar-refractivity contribution in [2.45, 2.75) is 19.4 Å². The van der Waals surface area contributed by atoms with Crippen molar-refractivity contribution in [1.29, 1.82) is 0 Å². The van der Waals surface area contributed by atoms with Crippen LogP contribution in [0.25, 0.3) is 0 Å². The highest BCUT2D eigenvalue weighted by Gasteiger charge is 2.33. The minimum absolute atomic E-state index is 0.219. The van der Waals surface area contributed by atoms with E-state index in [2.05, 4.69) is 17.4 Å². The Kier molecular flexibility index (Phi) is 6.23. The summed E-state index contributed by atoms with van der Waals surface area (Å²) in [7, 11) is 0. The molecule has 1 aliphatic heterocycles. The maximum atomic E-state index is 13.3. The Labute approximate surface area is 186 Å². The molecule has 0 radical (unpaired) electrons. The normalized spacial score (nSPS) is 15.2. The van der Waals surface area contributed by atoms with Gasteiger partial charge in [-0.3, -0.25) is 0 Å². The van der Waals surface area contributed by atoms with E-state index >= 15 is 0 Å². The topological polar surface area (TPSA) is 58.6 Å². The van der Waals surface area contributed by atoms with Gasteiger partial charge in [0.2, 0.25) is 0 Å². The van der Waals surface area contributed by atoms with Crippen LogP contribution in [-0.2, 0) is 11.2 Å². The van der Waals surface area contributed by atoms with Crippen molar-refractivity contribution in [2.24, 2.45) is 0 Å². The number of nitrogens with zero attached hydrogens (tertiary/aromatic N) is 1. The van der Waals surface area contributed by atoms with Gasteiger partial charge in [0, 0.05) is 17.3 Å². The largest absolute Gasteiger partial charge is 0.462 e. The number of ether oxygens (including phenoxy) is 1. The molecule has 31 heavy (non-hydrogen) atoms. The van der Waals surface area contributed by atoms with E-state index in [1.165, 1.54) is 5.56 Å². The van der Waals surface area contributed by atoms with Crippen LogP contribution in [0.5, 0.6) is 0 Å². The molecular formula is C25H23ClN2O3. The third-order valence-electron chi connectivity index (χ3n) is 5.39. The first-order chi connectivity index (χ1) is 15.1. The summed E-state index contributed by atoms with van der Waals surface area (Å²) in [6.45, 7) is 2.65. The second kappa shape index (κ2) is 9.23. The lowest BCUT2D eigenvalue weighted by molar-refractivity contribution is 0.0526. The summed E-state index contributed by atoms with van der Waals surface area (Å²) in [5, 5.41) is 3.58. The average molecular weight is 435 g/mol. The fourth-order valence-electron chi connectivity index (χ4n) is 3.92. The van der Waals surface area contributed by atoms with Gasteiger partial charge in [0.1, 0.15) is 0 Å². The highest BCUT2D eigenvalue weighted by atomic mass is 35.5. The second-order valence-electron chi connectivity index (χ2n) is 7.29. The van der Waals surface area contributed by atoms with Gasteiger partial charge in [-0.25, -0.2) is 9.59 Å². The maximum absolute atomic E-state index is 13.3. The zero-order valence-corrected chi connectivity index (χ0v) is 17.9. The number of rotatable bonds is 4. The third-order valence-corrected chi connectivity index (χ3v) is 5.74. The molecule has 5 nitrogen and oxygen atoms in total. The SMILES string of the molecule is CCOC(=O)c1ccc(NC(=O)N2CCc3ccccc3[C@@H]2c2ccccc2Cl)cc1. The maximum Gasteiger partial charge on any atom is 0.338 e. The van der Waals surface area contributed by atoms with Crippen LogP contribution in [0.4, 0.5) is 10.5 Å². The predicted octanol–water partition coefficient (Wildman–Crippen LogP) is 5.70. The molecule has 158 valence electrons. The fraction of sp³-hybridized carbons (Fsp3) is 0.200. The summed E-state index contributed by atoms with van der Waals surface area (Å²) in [5.74, 6) is -0.383. The van der Waals surface area contributed by atoms with Crippen LogP contribution in [0.2, 0.25) is 5.02 Å². The van der Waals surface area contributed by atoms with Crippen molar-refractivity contribution >= 4 is 29.3 Å². The smallest absolute Gasteiger partial charge is 0.338 e. The molecule has 1 aliphatic rings. The van der Waals surface area contributed by atoms with Crippen LogP contribution in [0.3, 0.4) is 0 Å². The summed E-state index contributed by atoms with van der Waals surface area (Å²) in [4.78, 5) is 26.9. The van der Waals surface area contributed by atoms with Gasteiger partial charge < -0.3 is 15.0 Å². The Morgan fingerprint density at radius 1 is 1.00 bits per heavy atom. The van der Waals surface area contributed by atoms with Crippen LogP contribution in [0.1, 0.15) is 40.0 Å². The predicted molar refractivity (Wildman–Crippen MR) is 122 cm³/mol. The van der Waals surface area contributed by atoms with Gasteiger partial charge in [-0.1, -0.05) is 54.1 Å². The van der Waals surface area contributed by atoms with Crippen LogP contribution in [0, 0.1) is 0 Å². The summed E-state index contributed by atoms with van der Waals surface area (Å²) in [5.41, 5.74) is 4.24. The van der Waals surface area contributed by atoms with E-state index in [4.69, 9.17) is 16.3 Å². The molecule has 0 spiro atoms. The molecule has 0 fully saturated rings. The standard InChI is InChI=1S/C25H23ClN2O3/c1-2-31-24(29)18-11-13-19(14-12-18)27-25(30)28-16-15-17-7-3-4-8-20(17)23(28)21-9-5-6-10-22(21)26/h3-14,23H,2,15-16H2,1H3,(H,27,30)/t23-/m1/s1. The van der Waals surface area contributed by atoms with Crippen molar-refractivity contribution in [3.63, 3.8) is 0 Å². The Balaban J connectivity index is 1.61. The second-order valence-corrected chi connectivity index (χ2v) is 7.70. The molecule has 6 heteroatoms. The van der Waals surface area contributed by atoms with E-state index in [9.17, 15) is 9.59 Å². The summed E-state index contributed by atoms with van der Waals surface area (Å²) >= 11 is 6.52. The monoisotopic (exact) mass is 434 g/mol. The van der Waals surface area contributed by atoms with Gasteiger partial charge in [0.25, 0.3) is 0 Å². The number of anilines is 1. The van der Waals surface area contributed by atoms with Crippen molar-refractivity contribution in [3.8, 4) is 0 Å². The lowest BCUT2D eigenvalue weighted by atomic mass is 9.88. The number of urea groups is 1. The summed E-state index contributed by atoms with van der Waals surface area (Å²) in [6.07, 6.45) is 0.770. The van der Waals surface area contributed by atoms with Gasteiger partial charge in [-0.15, -0.1) is 0 Å². The van der Waals surface area contributed by atoms with Crippen molar-refractivity contribution in [1.82, 2.24) is 4.90 Å². The molecule has 0 aliphatic carbocycles. The molecule has 0 aromatic heterocycles. The zero-order valence-electron chi connectivity index (χ0n) is 17.2. The van der Waals surface area contributed by atoms with E-state index in [1.807, 2.05) is 41.3 Å². The van der Waals surface area contributed by atoms with Gasteiger partial charge in [-0.2, -0.15) is 0 Å². The molecule has 1 heterocycles.